The van der Waals surface area contributed by atoms with Gasteiger partial charge < -0.3 is 4.74 Å². The van der Waals surface area contributed by atoms with Crippen LogP contribution in [0.15, 0.2) is 12.7 Å². The number of rotatable bonds is 5. The zero-order chi connectivity index (χ0) is 15.4. The summed E-state index contributed by atoms with van der Waals surface area (Å²) < 4.78 is 5.10. The molecule has 1 saturated carbocycles. The van der Waals surface area contributed by atoms with E-state index in [-0.39, 0.29) is 11.9 Å². The lowest BCUT2D eigenvalue weighted by Gasteiger charge is -2.27. The fourth-order valence-electron chi connectivity index (χ4n) is 2.15. The summed E-state index contributed by atoms with van der Waals surface area (Å²) in [7, 11) is 1.28. The fraction of sp³-hybridized carbons (Fsp3) is 0.733. The molecule has 20 heavy (non-hydrogen) atoms. The highest BCUT2D eigenvalue weighted by Crippen LogP contribution is 2.32. The van der Waals surface area contributed by atoms with Gasteiger partial charge in [-0.05, 0) is 26.2 Å². The standard InChI is InChI=1S/C12H20O5.C3H6/c1-3-8-16-11(13)9-6-4-5-7-10(9)12(14)17-15-2;1-3-2/h9-10H,3-8H2,1-2H3;3H,1H2,2H3. The van der Waals surface area contributed by atoms with Gasteiger partial charge in [-0.3, -0.25) is 9.68 Å². The summed E-state index contributed by atoms with van der Waals surface area (Å²) >= 11 is 0. The third-order valence-corrected chi connectivity index (χ3v) is 2.99. The lowest BCUT2D eigenvalue weighted by Crippen LogP contribution is -2.35. The van der Waals surface area contributed by atoms with Crippen molar-refractivity contribution in [2.75, 3.05) is 13.7 Å². The number of esters is 1. The average Bonchev–Trinajstić information content (AvgIpc) is 2.46. The van der Waals surface area contributed by atoms with E-state index in [1.54, 1.807) is 6.08 Å². The highest BCUT2D eigenvalue weighted by atomic mass is 17.2. The van der Waals surface area contributed by atoms with E-state index in [1.165, 1.54) is 7.11 Å². The quantitative estimate of drug-likeness (QED) is 0.336. The Labute approximate surface area is 121 Å². The van der Waals surface area contributed by atoms with E-state index in [4.69, 9.17) is 4.74 Å². The van der Waals surface area contributed by atoms with Crippen molar-refractivity contribution < 1.29 is 24.1 Å². The minimum absolute atomic E-state index is 0.287. The Morgan fingerprint density at radius 1 is 1.20 bits per heavy atom. The first kappa shape index (κ1) is 18.6. The van der Waals surface area contributed by atoms with Crippen LogP contribution in [0.5, 0.6) is 0 Å². The molecule has 0 aromatic heterocycles. The number of carbonyl (C=O) groups excluding carboxylic acids is 2. The van der Waals surface area contributed by atoms with Crippen molar-refractivity contribution in [3.05, 3.63) is 12.7 Å². The third-order valence-electron chi connectivity index (χ3n) is 2.99. The van der Waals surface area contributed by atoms with Gasteiger partial charge in [0.2, 0.25) is 0 Å². The Bertz CT molecular complexity index is 301. The van der Waals surface area contributed by atoms with Gasteiger partial charge in [-0.1, -0.05) is 25.8 Å². The number of ether oxygens (including phenoxy) is 1. The molecule has 0 aromatic rings. The molecule has 1 aliphatic rings. The fourth-order valence-corrected chi connectivity index (χ4v) is 2.15. The molecule has 0 spiro atoms. The summed E-state index contributed by atoms with van der Waals surface area (Å²) in [5.41, 5.74) is 0. The molecule has 0 aromatic carbocycles. The predicted octanol–water partition coefficient (Wildman–Crippen LogP) is 3.04. The van der Waals surface area contributed by atoms with Crippen molar-refractivity contribution in [2.24, 2.45) is 11.8 Å². The lowest BCUT2D eigenvalue weighted by atomic mass is 9.79. The van der Waals surface area contributed by atoms with Crippen LogP contribution in [-0.2, 0) is 24.1 Å². The van der Waals surface area contributed by atoms with Gasteiger partial charge in [0.25, 0.3) is 0 Å². The molecule has 116 valence electrons. The summed E-state index contributed by atoms with van der Waals surface area (Å²) in [6, 6.07) is 0. The van der Waals surface area contributed by atoms with Gasteiger partial charge in [-0.15, -0.1) is 6.58 Å². The molecule has 0 amide bonds. The zero-order valence-electron chi connectivity index (χ0n) is 12.7. The smallest absolute Gasteiger partial charge is 0.346 e. The van der Waals surface area contributed by atoms with Crippen LogP contribution >= 0.6 is 0 Å². The zero-order valence-corrected chi connectivity index (χ0v) is 12.7. The number of carbonyl (C=O) groups is 2. The second-order valence-corrected chi connectivity index (χ2v) is 4.64. The largest absolute Gasteiger partial charge is 0.465 e. The maximum atomic E-state index is 11.8. The van der Waals surface area contributed by atoms with Gasteiger partial charge in [0.1, 0.15) is 0 Å². The molecular weight excluding hydrogens is 260 g/mol. The van der Waals surface area contributed by atoms with Crippen LogP contribution in [-0.4, -0.2) is 25.7 Å². The first-order valence-corrected chi connectivity index (χ1v) is 7.10. The molecule has 0 saturated heterocycles. The van der Waals surface area contributed by atoms with Crippen LogP contribution in [0.4, 0.5) is 0 Å². The van der Waals surface area contributed by atoms with Gasteiger partial charge in [0, 0.05) is 0 Å². The van der Waals surface area contributed by atoms with Crippen LogP contribution < -0.4 is 0 Å². The molecule has 0 heterocycles. The average molecular weight is 286 g/mol. The predicted molar refractivity (Wildman–Crippen MR) is 75.7 cm³/mol. The summed E-state index contributed by atoms with van der Waals surface area (Å²) in [5, 5.41) is 0. The molecule has 1 fully saturated rings. The Balaban J connectivity index is 0.00000110. The third kappa shape index (κ3) is 6.70. The molecule has 2 unspecified atom stereocenters. The van der Waals surface area contributed by atoms with Crippen molar-refractivity contribution in [1.29, 1.82) is 0 Å². The van der Waals surface area contributed by atoms with Crippen LogP contribution in [0.25, 0.3) is 0 Å². The second kappa shape index (κ2) is 11.5. The van der Waals surface area contributed by atoms with E-state index in [9.17, 15) is 9.59 Å². The first-order chi connectivity index (χ1) is 9.62. The molecule has 0 radical (unpaired) electrons. The van der Waals surface area contributed by atoms with E-state index >= 15 is 0 Å². The lowest BCUT2D eigenvalue weighted by molar-refractivity contribution is -0.261. The van der Waals surface area contributed by atoms with Gasteiger partial charge in [-0.25, -0.2) is 4.79 Å². The van der Waals surface area contributed by atoms with E-state index in [1.807, 2.05) is 13.8 Å². The number of hydrogen-bond acceptors (Lipinski definition) is 5. The molecule has 1 rings (SSSR count). The SMILES string of the molecule is C=CC.CCCOC(=O)C1CCCCC1C(=O)OOC. The van der Waals surface area contributed by atoms with E-state index in [0.29, 0.717) is 19.4 Å². The topological polar surface area (TPSA) is 61.8 Å². The Hall–Kier alpha value is -1.36. The minimum Gasteiger partial charge on any atom is -0.465 e. The second-order valence-electron chi connectivity index (χ2n) is 4.64. The summed E-state index contributed by atoms with van der Waals surface area (Å²) in [6.45, 7) is 7.59. The monoisotopic (exact) mass is 286 g/mol. The van der Waals surface area contributed by atoms with Crippen molar-refractivity contribution in [2.45, 2.75) is 46.0 Å². The van der Waals surface area contributed by atoms with E-state index in [0.717, 1.165) is 19.3 Å². The Kier molecular flexibility index (Phi) is 10.7. The molecule has 0 N–H and O–H groups in total. The summed E-state index contributed by atoms with van der Waals surface area (Å²) in [5.74, 6) is -1.55. The van der Waals surface area contributed by atoms with Gasteiger partial charge in [0.15, 0.2) is 0 Å². The number of hydrogen-bond donors (Lipinski definition) is 0. The van der Waals surface area contributed by atoms with Crippen molar-refractivity contribution in [3.8, 4) is 0 Å². The molecule has 1 aliphatic carbocycles. The minimum atomic E-state index is -0.467. The summed E-state index contributed by atoms with van der Waals surface area (Å²) in [6.07, 6.45) is 5.76. The molecule has 0 bridgehead atoms. The van der Waals surface area contributed by atoms with Gasteiger partial charge in [-0.2, -0.15) is 4.89 Å². The summed E-state index contributed by atoms with van der Waals surface area (Å²) in [4.78, 5) is 32.3. The van der Waals surface area contributed by atoms with Crippen molar-refractivity contribution in [3.63, 3.8) is 0 Å². The van der Waals surface area contributed by atoms with Crippen LogP contribution in [0, 0.1) is 11.8 Å². The van der Waals surface area contributed by atoms with Gasteiger partial charge >= 0.3 is 11.9 Å². The molecule has 5 nitrogen and oxygen atoms in total. The van der Waals surface area contributed by atoms with Crippen LogP contribution in [0.1, 0.15) is 46.0 Å². The van der Waals surface area contributed by atoms with Crippen molar-refractivity contribution >= 4 is 11.9 Å². The molecule has 2 atom stereocenters. The van der Waals surface area contributed by atoms with Gasteiger partial charge in [0.05, 0.1) is 25.6 Å². The normalized spacial score (nSPS) is 21.1. The number of allylic oxidation sites excluding steroid dienone is 1. The van der Waals surface area contributed by atoms with E-state index in [2.05, 4.69) is 16.4 Å². The maximum absolute atomic E-state index is 11.8. The van der Waals surface area contributed by atoms with Crippen LogP contribution in [0.2, 0.25) is 0 Å². The van der Waals surface area contributed by atoms with Crippen molar-refractivity contribution in [1.82, 2.24) is 0 Å². The molecular formula is C15H26O5. The van der Waals surface area contributed by atoms with Crippen LogP contribution in [0.3, 0.4) is 0 Å². The maximum Gasteiger partial charge on any atom is 0.346 e. The highest BCUT2D eigenvalue weighted by molar-refractivity contribution is 5.82. The Morgan fingerprint density at radius 2 is 1.70 bits per heavy atom. The Morgan fingerprint density at radius 3 is 2.15 bits per heavy atom. The first-order valence-electron chi connectivity index (χ1n) is 7.10. The highest BCUT2D eigenvalue weighted by Gasteiger charge is 2.38. The molecule has 0 aliphatic heterocycles. The molecule has 5 heteroatoms. The van der Waals surface area contributed by atoms with E-state index < -0.39 is 11.9 Å².